The molecule has 1 aliphatic rings. The van der Waals surface area contributed by atoms with Crippen LogP contribution >= 0.6 is 0 Å². The molecule has 2 N–H and O–H groups in total. The molecule has 2 heterocycles. The number of carbonyl (C=O) groups is 1. The van der Waals surface area contributed by atoms with Gasteiger partial charge in [0.05, 0.1) is 17.8 Å². The fourth-order valence-electron chi connectivity index (χ4n) is 1.62. The van der Waals surface area contributed by atoms with Crippen molar-refractivity contribution in [2.45, 2.75) is 19.1 Å². The van der Waals surface area contributed by atoms with Gasteiger partial charge in [-0.2, -0.15) is 13.2 Å². The monoisotopic (exact) mass is 265 g/mol. The molecule has 6 nitrogen and oxygen atoms in total. The van der Waals surface area contributed by atoms with E-state index in [4.69, 9.17) is 10.3 Å². The van der Waals surface area contributed by atoms with Gasteiger partial charge < -0.3 is 19.9 Å². The molecule has 1 aromatic heterocycles. The highest BCUT2D eigenvalue weighted by Crippen LogP contribution is 2.24. The van der Waals surface area contributed by atoms with Crippen molar-refractivity contribution in [1.82, 2.24) is 10.1 Å². The van der Waals surface area contributed by atoms with Gasteiger partial charge in [0, 0.05) is 13.0 Å². The van der Waals surface area contributed by atoms with Crippen LogP contribution in [0.25, 0.3) is 0 Å². The van der Waals surface area contributed by atoms with Crippen LogP contribution in [0, 0.1) is 0 Å². The van der Waals surface area contributed by atoms with E-state index in [9.17, 15) is 18.0 Å². The first-order valence-electron chi connectivity index (χ1n) is 5.08. The highest BCUT2D eigenvalue weighted by molar-refractivity contribution is 5.68. The number of anilines is 1. The normalized spacial score (nSPS) is 15.4. The second-order valence-corrected chi connectivity index (χ2v) is 3.81. The van der Waals surface area contributed by atoms with Crippen LogP contribution in [0.3, 0.4) is 0 Å². The maximum absolute atomic E-state index is 11.9. The van der Waals surface area contributed by atoms with Crippen LogP contribution < -0.4 is 5.73 Å². The van der Waals surface area contributed by atoms with Crippen molar-refractivity contribution in [2.75, 3.05) is 18.9 Å². The van der Waals surface area contributed by atoms with Gasteiger partial charge in [-0.05, 0) is 0 Å². The average molecular weight is 265 g/mol. The molecule has 100 valence electrons. The van der Waals surface area contributed by atoms with Gasteiger partial charge in [-0.15, -0.1) is 0 Å². The van der Waals surface area contributed by atoms with Gasteiger partial charge in [-0.3, -0.25) is 0 Å². The van der Waals surface area contributed by atoms with Crippen LogP contribution in [0.5, 0.6) is 0 Å². The van der Waals surface area contributed by atoms with E-state index in [1.807, 2.05) is 0 Å². The van der Waals surface area contributed by atoms with Crippen LogP contribution in [-0.4, -0.2) is 35.5 Å². The summed E-state index contributed by atoms with van der Waals surface area (Å²) in [5, 5.41) is 3.68. The summed E-state index contributed by atoms with van der Waals surface area (Å²) in [4.78, 5) is 12.5. The number of rotatable bonds is 1. The van der Waals surface area contributed by atoms with Gasteiger partial charge in [0.15, 0.2) is 6.61 Å². The molecule has 0 saturated carbocycles. The van der Waals surface area contributed by atoms with E-state index in [1.165, 1.54) is 0 Å². The summed E-state index contributed by atoms with van der Waals surface area (Å²) < 4.78 is 44.6. The minimum Gasteiger partial charge on any atom is -0.440 e. The van der Waals surface area contributed by atoms with Crippen LogP contribution in [0.2, 0.25) is 0 Å². The molecule has 0 spiro atoms. The van der Waals surface area contributed by atoms with E-state index in [0.717, 1.165) is 4.90 Å². The zero-order valence-corrected chi connectivity index (χ0v) is 9.16. The topological polar surface area (TPSA) is 81.6 Å². The Hall–Kier alpha value is -1.93. The molecule has 1 aliphatic heterocycles. The van der Waals surface area contributed by atoms with E-state index in [0.29, 0.717) is 17.7 Å². The van der Waals surface area contributed by atoms with Crippen molar-refractivity contribution in [3.63, 3.8) is 0 Å². The molecule has 0 saturated heterocycles. The highest BCUT2D eigenvalue weighted by Gasteiger charge is 2.32. The summed E-state index contributed by atoms with van der Waals surface area (Å²) in [6, 6.07) is 0. The minimum absolute atomic E-state index is 0.0430. The van der Waals surface area contributed by atoms with Crippen molar-refractivity contribution >= 4 is 12.0 Å². The predicted octanol–water partition coefficient (Wildman–Crippen LogP) is 1.31. The predicted molar refractivity (Wildman–Crippen MR) is 52.4 cm³/mol. The number of hydrogen-bond donors (Lipinski definition) is 1. The fraction of sp³-hybridized carbons (Fsp3) is 0.556. The number of ether oxygens (including phenoxy) is 1. The van der Waals surface area contributed by atoms with E-state index in [2.05, 4.69) is 9.89 Å². The van der Waals surface area contributed by atoms with Crippen LogP contribution in [0.1, 0.15) is 11.3 Å². The van der Waals surface area contributed by atoms with Gasteiger partial charge in [0.25, 0.3) is 0 Å². The van der Waals surface area contributed by atoms with Crippen molar-refractivity contribution in [1.29, 1.82) is 0 Å². The first kappa shape index (κ1) is 12.5. The van der Waals surface area contributed by atoms with Crippen molar-refractivity contribution in [3.8, 4) is 0 Å². The summed E-state index contributed by atoms with van der Waals surface area (Å²) in [7, 11) is 0. The third-order valence-electron chi connectivity index (χ3n) is 2.48. The number of fused-ring (bicyclic) bond motifs is 1. The molecule has 0 atom stereocenters. The number of amides is 1. The average Bonchev–Trinajstić information content (AvgIpc) is 2.67. The standard InChI is InChI=1S/C9H10F3N3O3/c10-9(11,12)4-17-8(16)15-2-1-6-5(3-15)7(13)18-14-6/h1-4,13H2. The molecule has 1 aromatic rings. The molecule has 18 heavy (non-hydrogen) atoms. The molecular weight excluding hydrogens is 255 g/mol. The Labute approximate surface area is 99.5 Å². The minimum atomic E-state index is -4.53. The third kappa shape index (κ3) is 2.66. The molecule has 0 aromatic carbocycles. The lowest BCUT2D eigenvalue weighted by Gasteiger charge is -2.25. The summed E-state index contributed by atoms with van der Waals surface area (Å²) in [6.07, 6.45) is -5.19. The van der Waals surface area contributed by atoms with E-state index in [1.54, 1.807) is 0 Å². The molecular formula is C9H10F3N3O3. The SMILES string of the molecule is Nc1onc2c1CN(C(=O)OCC(F)(F)F)CC2. The molecule has 9 heteroatoms. The Bertz CT molecular complexity index is 458. The van der Waals surface area contributed by atoms with Crippen molar-refractivity contribution < 1.29 is 27.2 Å². The van der Waals surface area contributed by atoms with Crippen LogP contribution in [-0.2, 0) is 17.7 Å². The van der Waals surface area contributed by atoms with Gasteiger partial charge in [-0.1, -0.05) is 5.16 Å². The summed E-state index contributed by atoms with van der Waals surface area (Å²) >= 11 is 0. The molecule has 0 bridgehead atoms. The number of nitrogen functional groups attached to an aromatic ring is 1. The number of alkyl halides is 3. The Balaban J connectivity index is 1.96. The Morgan fingerprint density at radius 1 is 1.56 bits per heavy atom. The number of aromatic nitrogens is 1. The number of nitrogens with zero attached hydrogens (tertiary/aromatic N) is 2. The van der Waals surface area contributed by atoms with Crippen molar-refractivity contribution in [2.24, 2.45) is 0 Å². The second kappa shape index (κ2) is 4.39. The highest BCUT2D eigenvalue weighted by atomic mass is 19.4. The first-order chi connectivity index (χ1) is 8.37. The third-order valence-corrected chi connectivity index (χ3v) is 2.48. The zero-order valence-electron chi connectivity index (χ0n) is 9.16. The van der Waals surface area contributed by atoms with Crippen molar-refractivity contribution in [3.05, 3.63) is 11.3 Å². The largest absolute Gasteiger partial charge is 0.440 e. The summed E-state index contributed by atoms with van der Waals surface area (Å²) in [5.41, 5.74) is 6.62. The van der Waals surface area contributed by atoms with Crippen LogP contribution in [0.4, 0.5) is 23.8 Å². The molecule has 0 aliphatic carbocycles. The molecule has 1 amide bonds. The lowest BCUT2D eigenvalue weighted by molar-refractivity contribution is -0.162. The lowest BCUT2D eigenvalue weighted by atomic mass is 10.1. The number of carbonyl (C=O) groups excluding carboxylic acids is 1. The molecule has 0 unspecified atom stereocenters. The Morgan fingerprint density at radius 3 is 2.94 bits per heavy atom. The smallest absolute Gasteiger partial charge is 0.422 e. The van der Waals surface area contributed by atoms with E-state index in [-0.39, 0.29) is 19.0 Å². The van der Waals surface area contributed by atoms with Gasteiger partial charge in [0.2, 0.25) is 5.88 Å². The Morgan fingerprint density at radius 2 is 2.28 bits per heavy atom. The van der Waals surface area contributed by atoms with Gasteiger partial charge >= 0.3 is 12.3 Å². The summed E-state index contributed by atoms with van der Waals surface area (Å²) in [5.74, 6) is 0.0679. The first-order valence-corrected chi connectivity index (χ1v) is 5.08. The second-order valence-electron chi connectivity index (χ2n) is 3.81. The van der Waals surface area contributed by atoms with E-state index >= 15 is 0 Å². The van der Waals surface area contributed by atoms with Gasteiger partial charge in [0.1, 0.15) is 0 Å². The number of halogens is 3. The Kier molecular flexibility index (Phi) is 3.05. The molecule has 0 radical (unpaired) electrons. The fourth-order valence-corrected chi connectivity index (χ4v) is 1.62. The molecule has 0 fully saturated rings. The zero-order chi connectivity index (χ0) is 13.3. The van der Waals surface area contributed by atoms with Gasteiger partial charge in [-0.25, -0.2) is 4.79 Å². The quantitative estimate of drug-likeness (QED) is 0.828. The maximum atomic E-state index is 11.9. The van der Waals surface area contributed by atoms with Crippen LogP contribution in [0.15, 0.2) is 4.52 Å². The lowest BCUT2D eigenvalue weighted by Crippen LogP contribution is -2.37. The number of nitrogens with two attached hydrogens (primary N) is 1. The molecule has 2 rings (SSSR count). The van der Waals surface area contributed by atoms with E-state index < -0.39 is 18.9 Å². The number of hydrogen-bond acceptors (Lipinski definition) is 5. The summed E-state index contributed by atoms with van der Waals surface area (Å²) in [6.45, 7) is -1.34. The maximum Gasteiger partial charge on any atom is 0.422 e.